The number of nitrogens with zero attached hydrogens (tertiary/aromatic N) is 1. The van der Waals surface area contributed by atoms with Crippen molar-refractivity contribution in [3.05, 3.63) is 0 Å². The molecule has 0 spiro atoms. The molecule has 0 N–H and O–H groups in total. The first kappa shape index (κ1) is 9.75. The highest BCUT2D eigenvalue weighted by Gasteiger charge is 2.15. The van der Waals surface area contributed by atoms with Gasteiger partial charge in [-0.25, -0.2) is 0 Å². The monoisotopic (exact) mass is 155 g/mol. The van der Waals surface area contributed by atoms with Crippen LogP contribution in [0.3, 0.4) is 0 Å². The number of hydrogen-bond donors (Lipinski definition) is 0. The fourth-order valence-corrected chi connectivity index (χ4v) is 0.474. The van der Waals surface area contributed by atoms with Crippen molar-refractivity contribution in [1.29, 1.82) is 0 Å². The molecule has 1 aliphatic heterocycles. The second-order valence-electron chi connectivity index (χ2n) is 2.44. The van der Waals surface area contributed by atoms with Crippen LogP contribution in [0.15, 0.2) is 0 Å². The van der Waals surface area contributed by atoms with E-state index in [2.05, 4.69) is 11.9 Å². The van der Waals surface area contributed by atoms with Crippen LogP contribution in [0.25, 0.3) is 0 Å². The van der Waals surface area contributed by atoms with E-state index >= 15 is 0 Å². The van der Waals surface area contributed by atoms with E-state index in [1.807, 2.05) is 0 Å². The van der Waals surface area contributed by atoms with E-state index < -0.39 is 6.18 Å². The summed E-state index contributed by atoms with van der Waals surface area (Å²) in [5.41, 5.74) is 0. The van der Waals surface area contributed by atoms with Gasteiger partial charge in [0.25, 0.3) is 0 Å². The molecule has 0 amide bonds. The van der Waals surface area contributed by atoms with Gasteiger partial charge in [0, 0.05) is 6.92 Å². The van der Waals surface area contributed by atoms with Crippen molar-refractivity contribution in [3.8, 4) is 0 Å². The molecule has 0 radical (unpaired) electrons. The van der Waals surface area contributed by atoms with Gasteiger partial charge in [-0.05, 0) is 26.6 Å². The predicted octanol–water partition coefficient (Wildman–Crippen LogP) is 1.89. The topological polar surface area (TPSA) is 3.24 Å². The minimum absolute atomic E-state index is 0.188. The van der Waals surface area contributed by atoms with E-state index in [1.54, 1.807) is 0 Å². The highest BCUT2D eigenvalue weighted by molar-refractivity contribution is 4.61. The molecule has 10 heavy (non-hydrogen) atoms. The van der Waals surface area contributed by atoms with Gasteiger partial charge in [-0.2, -0.15) is 13.2 Å². The van der Waals surface area contributed by atoms with Crippen LogP contribution in [0.5, 0.6) is 0 Å². The standard InChI is InChI=1S/C4H9N.C2H3F3/c1-5-3-2-4-5;1-2(3,4)5/h2-4H2,1H3;1H3. The van der Waals surface area contributed by atoms with Crippen molar-refractivity contribution < 1.29 is 13.2 Å². The summed E-state index contributed by atoms with van der Waals surface area (Å²) in [7, 11) is 2.14. The Morgan fingerprint density at radius 1 is 1.20 bits per heavy atom. The lowest BCUT2D eigenvalue weighted by Gasteiger charge is -2.24. The number of likely N-dealkylation sites (tertiary alicyclic amines) is 1. The van der Waals surface area contributed by atoms with Gasteiger partial charge < -0.3 is 4.90 Å². The van der Waals surface area contributed by atoms with E-state index in [1.165, 1.54) is 19.5 Å². The second kappa shape index (κ2) is 3.81. The Labute approximate surface area is 58.8 Å². The van der Waals surface area contributed by atoms with Gasteiger partial charge >= 0.3 is 6.18 Å². The Balaban J connectivity index is 0.000000162. The van der Waals surface area contributed by atoms with Gasteiger partial charge in [0.1, 0.15) is 0 Å². The molecule has 1 aliphatic rings. The molecule has 0 aromatic heterocycles. The Morgan fingerprint density at radius 2 is 1.40 bits per heavy atom. The average molecular weight is 155 g/mol. The molecule has 1 heterocycles. The van der Waals surface area contributed by atoms with E-state index in [0.29, 0.717) is 0 Å². The molecular weight excluding hydrogens is 143 g/mol. The molecule has 0 saturated carbocycles. The zero-order chi connectivity index (χ0) is 8.20. The highest BCUT2D eigenvalue weighted by Crippen LogP contribution is 2.10. The SMILES string of the molecule is CC(F)(F)F.CN1CCC1. The second-order valence-corrected chi connectivity index (χ2v) is 2.44. The molecule has 0 aliphatic carbocycles. The van der Waals surface area contributed by atoms with Gasteiger partial charge in [-0.3, -0.25) is 0 Å². The molecule has 0 unspecified atom stereocenters. The first-order valence-corrected chi connectivity index (χ1v) is 3.15. The first-order chi connectivity index (χ1) is 4.39. The van der Waals surface area contributed by atoms with E-state index in [0.717, 1.165) is 0 Å². The third-order valence-corrected chi connectivity index (χ3v) is 1.08. The lowest BCUT2D eigenvalue weighted by atomic mass is 10.3. The van der Waals surface area contributed by atoms with Crippen LogP contribution in [-0.4, -0.2) is 31.2 Å². The summed E-state index contributed by atoms with van der Waals surface area (Å²) in [6, 6.07) is 0. The van der Waals surface area contributed by atoms with Crippen molar-refractivity contribution in [2.75, 3.05) is 20.1 Å². The maximum absolute atomic E-state index is 10.4. The summed E-state index contributed by atoms with van der Waals surface area (Å²) in [6.45, 7) is 2.83. The predicted molar refractivity (Wildman–Crippen MR) is 33.8 cm³/mol. The lowest BCUT2D eigenvalue weighted by molar-refractivity contribution is -0.110. The van der Waals surface area contributed by atoms with Crippen LogP contribution >= 0.6 is 0 Å². The molecule has 0 aromatic carbocycles. The zero-order valence-corrected chi connectivity index (χ0v) is 6.20. The van der Waals surface area contributed by atoms with Crippen molar-refractivity contribution >= 4 is 0 Å². The summed E-state index contributed by atoms with van der Waals surface area (Å²) in [5, 5.41) is 0. The van der Waals surface area contributed by atoms with E-state index in [4.69, 9.17) is 0 Å². The summed E-state index contributed by atoms with van der Waals surface area (Å²) in [5.74, 6) is 0. The van der Waals surface area contributed by atoms with Crippen LogP contribution in [0, 0.1) is 0 Å². The average Bonchev–Trinajstić information content (AvgIpc) is 1.56. The first-order valence-electron chi connectivity index (χ1n) is 3.15. The van der Waals surface area contributed by atoms with Crippen LogP contribution in [0.1, 0.15) is 13.3 Å². The third-order valence-electron chi connectivity index (χ3n) is 1.08. The Hall–Kier alpha value is -0.250. The molecule has 4 heteroatoms. The Morgan fingerprint density at radius 3 is 1.40 bits per heavy atom. The van der Waals surface area contributed by atoms with E-state index in [-0.39, 0.29) is 6.92 Å². The van der Waals surface area contributed by atoms with Gasteiger partial charge in [-0.1, -0.05) is 0 Å². The van der Waals surface area contributed by atoms with Gasteiger partial charge in [0.2, 0.25) is 0 Å². The molecule has 0 bridgehead atoms. The maximum Gasteiger partial charge on any atom is 0.386 e. The molecule has 1 fully saturated rings. The molecule has 62 valence electrons. The van der Waals surface area contributed by atoms with Crippen LogP contribution in [0.2, 0.25) is 0 Å². The molecule has 1 rings (SSSR count). The number of halogens is 3. The van der Waals surface area contributed by atoms with Crippen LogP contribution in [0.4, 0.5) is 13.2 Å². The number of alkyl halides is 3. The molecule has 0 atom stereocenters. The molecule has 1 nitrogen and oxygen atoms in total. The van der Waals surface area contributed by atoms with Crippen LogP contribution < -0.4 is 0 Å². The zero-order valence-electron chi connectivity index (χ0n) is 6.20. The summed E-state index contributed by atoms with van der Waals surface area (Å²) >= 11 is 0. The smallest absolute Gasteiger partial charge is 0.306 e. The van der Waals surface area contributed by atoms with Gasteiger partial charge in [0.15, 0.2) is 0 Å². The van der Waals surface area contributed by atoms with Gasteiger partial charge in [-0.15, -0.1) is 0 Å². The van der Waals surface area contributed by atoms with E-state index in [9.17, 15) is 13.2 Å². The quantitative estimate of drug-likeness (QED) is 0.516. The van der Waals surface area contributed by atoms with Crippen LogP contribution in [-0.2, 0) is 0 Å². The third kappa shape index (κ3) is 10.7. The fraction of sp³-hybridized carbons (Fsp3) is 1.00. The largest absolute Gasteiger partial charge is 0.386 e. The Kier molecular flexibility index (Phi) is 3.71. The molecule has 1 saturated heterocycles. The summed E-state index contributed by atoms with van der Waals surface area (Å²) in [6.07, 6.45) is -2.59. The Bertz CT molecular complexity index is 79.5. The highest BCUT2D eigenvalue weighted by atomic mass is 19.4. The van der Waals surface area contributed by atoms with Crippen molar-refractivity contribution in [2.45, 2.75) is 19.5 Å². The van der Waals surface area contributed by atoms with Gasteiger partial charge in [0.05, 0.1) is 0 Å². The normalized spacial score (nSPS) is 18.9. The number of hydrogen-bond acceptors (Lipinski definition) is 1. The summed E-state index contributed by atoms with van der Waals surface area (Å²) in [4.78, 5) is 2.31. The lowest BCUT2D eigenvalue weighted by Crippen LogP contribution is -2.32. The minimum atomic E-state index is -4.00. The maximum atomic E-state index is 10.4. The van der Waals surface area contributed by atoms with Crippen molar-refractivity contribution in [1.82, 2.24) is 4.90 Å². The van der Waals surface area contributed by atoms with Crippen molar-refractivity contribution in [2.24, 2.45) is 0 Å². The van der Waals surface area contributed by atoms with Crippen molar-refractivity contribution in [3.63, 3.8) is 0 Å². The minimum Gasteiger partial charge on any atom is -0.306 e. The fourth-order valence-electron chi connectivity index (χ4n) is 0.474. The molecule has 0 aromatic rings. The number of rotatable bonds is 0. The molecular formula is C6H12F3N. The summed E-state index contributed by atoms with van der Waals surface area (Å²) < 4.78 is 31.1.